The molecule has 1 heterocycles. The highest BCUT2D eigenvalue weighted by Crippen LogP contribution is 2.29. The van der Waals surface area contributed by atoms with Gasteiger partial charge < -0.3 is 14.4 Å². The van der Waals surface area contributed by atoms with Crippen LogP contribution in [-0.2, 0) is 11.2 Å². The van der Waals surface area contributed by atoms with Crippen molar-refractivity contribution in [2.45, 2.75) is 25.5 Å². The molecule has 5 heteroatoms. The molecule has 2 aromatic rings. The molecule has 3 rings (SSSR count). The molecule has 0 aromatic heterocycles. The number of nitrogens with zero attached hydrogens (tertiary/aromatic N) is 1. The van der Waals surface area contributed by atoms with E-state index in [4.69, 9.17) is 21.1 Å². The van der Waals surface area contributed by atoms with Gasteiger partial charge in [-0.05, 0) is 48.7 Å². The number of carbonyl (C=O) groups is 1. The van der Waals surface area contributed by atoms with E-state index in [1.54, 1.807) is 12.0 Å². The van der Waals surface area contributed by atoms with Gasteiger partial charge >= 0.3 is 6.09 Å². The molecule has 1 amide bonds. The van der Waals surface area contributed by atoms with E-state index < -0.39 is 0 Å². The fraction of sp³-hybridized carbons (Fsp3) is 0.316. The molecule has 2 aromatic carbocycles. The van der Waals surface area contributed by atoms with Crippen molar-refractivity contribution in [3.05, 3.63) is 64.7 Å². The van der Waals surface area contributed by atoms with E-state index in [-0.39, 0.29) is 18.2 Å². The third-order valence-corrected chi connectivity index (χ3v) is 4.52. The van der Waals surface area contributed by atoms with E-state index in [2.05, 4.69) is 0 Å². The van der Waals surface area contributed by atoms with Crippen LogP contribution < -0.4 is 4.74 Å². The summed E-state index contributed by atoms with van der Waals surface area (Å²) in [6.07, 6.45) is 0.219. The van der Waals surface area contributed by atoms with Crippen LogP contribution in [0.1, 0.15) is 24.2 Å². The molecule has 0 spiro atoms. The van der Waals surface area contributed by atoms with Crippen molar-refractivity contribution in [1.82, 2.24) is 4.90 Å². The second-order valence-corrected chi connectivity index (χ2v) is 6.42. The summed E-state index contributed by atoms with van der Waals surface area (Å²) >= 11 is 6.03. The third-order valence-electron chi connectivity index (χ3n) is 4.28. The van der Waals surface area contributed by atoms with E-state index in [0.717, 1.165) is 23.3 Å². The Bertz CT molecular complexity index is 717. The van der Waals surface area contributed by atoms with Gasteiger partial charge in [0.2, 0.25) is 0 Å². The van der Waals surface area contributed by atoms with Gasteiger partial charge in [0.15, 0.2) is 0 Å². The zero-order valence-electron chi connectivity index (χ0n) is 13.7. The molecule has 126 valence electrons. The lowest BCUT2D eigenvalue weighted by atomic mass is 10.0. The van der Waals surface area contributed by atoms with Gasteiger partial charge in [-0.1, -0.05) is 35.9 Å². The monoisotopic (exact) mass is 345 g/mol. The number of rotatable bonds is 5. The molecule has 1 saturated heterocycles. The van der Waals surface area contributed by atoms with Gasteiger partial charge in [0.25, 0.3) is 0 Å². The number of amides is 1. The summed E-state index contributed by atoms with van der Waals surface area (Å²) in [5.41, 5.74) is 2.08. The number of benzene rings is 2. The van der Waals surface area contributed by atoms with Gasteiger partial charge in [0, 0.05) is 11.1 Å². The van der Waals surface area contributed by atoms with Gasteiger partial charge in [0.1, 0.15) is 11.9 Å². The van der Waals surface area contributed by atoms with Crippen LogP contribution in [0.3, 0.4) is 0 Å². The molecule has 0 bridgehead atoms. The predicted octanol–water partition coefficient (Wildman–Crippen LogP) is 4.47. The Kier molecular flexibility index (Phi) is 4.95. The van der Waals surface area contributed by atoms with Crippen molar-refractivity contribution in [1.29, 1.82) is 0 Å². The summed E-state index contributed by atoms with van der Waals surface area (Å²) in [4.78, 5) is 14.0. The maximum Gasteiger partial charge on any atom is 0.410 e. The van der Waals surface area contributed by atoms with Crippen LogP contribution >= 0.6 is 11.6 Å². The fourth-order valence-electron chi connectivity index (χ4n) is 2.93. The Balaban J connectivity index is 1.66. The summed E-state index contributed by atoms with van der Waals surface area (Å²) in [5, 5.41) is 0.647. The molecule has 0 aliphatic carbocycles. The average molecular weight is 346 g/mol. The van der Waals surface area contributed by atoms with E-state index in [0.29, 0.717) is 11.6 Å². The van der Waals surface area contributed by atoms with Gasteiger partial charge in [-0.2, -0.15) is 0 Å². The maximum atomic E-state index is 12.2. The second-order valence-electron chi connectivity index (χ2n) is 5.98. The number of hydrogen-bond acceptors (Lipinski definition) is 3. The number of carbonyl (C=O) groups excluding carboxylic acids is 1. The molecule has 0 unspecified atom stereocenters. The maximum absolute atomic E-state index is 12.2. The highest BCUT2D eigenvalue weighted by Gasteiger charge is 2.35. The molecule has 0 N–H and O–H groups in total. The molecule has 4 nitrogen and oxygen atoms in total. The standard InChI is InChI=1S/C19H20ClNO3/c1-13(10-14-6-8-17(23-2)9-7-14)21-12-18(24-19(21)22)15-4-3-5-16(20)11-15/h3-9,11,13,18H,10,12H2,1-2H3/t13-,18+/m1/s1. The van der Waals surface area contributed by atoms with Crippen molar-refractivity contribution >= 4 is 17.7 Å². The summed E-state index contributed by atoms with van der Waals surface area (Å²) in [5.74, 6) is 0.827. The minimum atomic E-state index is -0.277. The van der Waals surface area contributed by atoms with Gasteiger partial charge in [-0.3, -0.25) is 0 Å². The van der Waals surface area contributed by atoms with E-state index in [1.807, 2.05) is 55.5 Å². The van der Waals surface area contributed by atoms with Crippen LogP contribution in [0.25, 0.3) is 0 Å². The molecular weight excluding hydrogens is 326 g/mol. The topological polar surface area (TPSA) is 38.8 Å². The molecule has 1 fully saturated rings. The number of hydrogen-bond donors (Lipinski definition) is 0. The predicted molar refractivity (Wildman–Crippen MR) is 93.5 cm³/mol. The van der Waals surface area contributed by atoms with E-state index in [9.17, 15) is 4.79 Å². The number of cyclic esters (lactones) is 1. The first-order valence-electron chi connectivity index (χ1n) is 7.92. The van der Waals surface area contributed by atoms with Crippen LogP contribution in [-0.4, -0.2) is 30.7 Å². The summed E-state index contributed by atoms with van der Waals surface area (Å²) in [7, 11) is 1.65. The van der Waals surface area contributed by atoms with Crippen molar-refractivity contribution in [3.63, 3.8) is 0 Å². The lowest BCUT2D eigenvalue weighted by Gasteiger charge is -2.22. The Labute approximate surface area is 146 Å². The van der Waals surface area contributed by atoms with Crippen molar-refractivity contribution in [3.8, 4) is 5.75 Å². The van der Waals surface area contributed by atoms with Crippen molar-refractivity contribution in [2.24, 2.45) is 0 Å². The smallest absolute Gasteiger partial charge is 0.410 e. The third kappa shape index (κ3) is 3.65. The van der Waals surface area contributed by atoms with Crippen LogP contribution in [0.2, 0.25) is 5.02 Å². The van der Waals surface area contributed by atoms with Gasteiger partial charge in [-0.25, -0.2) is 4.79 Å². The number of ether oxygens (including phenoxy) is 2. The van der Waals surface area contributed by atoms with Crippen LogP contribution in [0.15, 0.2) is 48.5 Å². The molecule has 0 saturated carbocycles. The molecule has 24 heavy (non-hydrogen) atoms. The molecule has 1 aliphatic rings. The van der Waals surface area contributed by atoms with E-state index in [1.165, 1.54) is 0 Å². The SMILES string of the molecule is COc1ccc(C[C@@H](C)N2C[C@@H](c3cccc(Cl)c3)OC2=O)cc1. The Morgan fingerprint density at radius 3 is 2.71 bits per heavy atom. The average Bonchev–Trinajstić information content (AvgIpc) is 2.97. The Morgan fingerprint density at radius 2 is 2.04 bits per heavy atom. The summed E-state index contributed by atoms with van der Waals surface area (Å²) in [6, 6.07) is 15.4. The summed E-state index contributed by atoms with van der Waals surface area (Å²) < 4.78 is 10.7. The largest absolute Gasteiger partial charge is 0.497 e. The lowest BCUT2D eigenvalue weighted by molar-refractivity contribution is 0.129. The van der Waals surface area contributed by atoms with Crippen LogP contribution in [0.4, 0.5) is 4.79 Å². The highest BCUT2D eigenvalue weighted by molar-refractivity contribution is 6.30. The quantitative estimate of drug-likeness (QED) is 0.802. The summed E-state index contributed by atoms with van der Waals surface area (Å²) in [6.45, 7) is 2.57. The zero-order valence-corrected chi connectivity index (χ0v) is 14.5. The van der Waals surface area contributed by atoms with Gasteiger partial charge in [-0.15, -0.1) is 0 Å². The van der Waals surface area contributed by atoms with Gasteiger partial charge in [0.05, 0.1) is 13.7 Å². The minimum absolute atomic E-state index is 0.0510. The van der Waals surface area contributed by atoms with Crippen molar-refractivity contribution < 1.29 is 14.3 Å². The van der Waals surface area contributed by atoms with Crippen LogP contribution in [0.5, 0.6) is 5.75 Å². The molecular formula is C19H20ClNO3. The normalized spacial score (nSPS) is 18.4. The second kappa shape index (κ2) is 7.14. The van der Waals surface area contributed by atoms with Crippen LogP contribution in [0, 0.1) is 0 Å². The number of halogens is 1. The zero-order chi connectivity index (χ0) is 17.1. The fourth-order valence-corrected chi connectivity index (χ4v) is 3.13. The Hall–Kier alpha value is -2.20. The number of methoxy groups -OCH3 is 1. The van der Waals surface area contributed by atoms with E-state index >= 15 is 0 Å². The first-order chi connectivity index (χ1) is 11.6. The minimum Gasteiger partial charge on any atom is -0.497 e. The molecule has 1 aliphatic heterocycles. The molecule has 2 atom stereocenters. The Morgan fingerprint density at radius 1 is 1.29 bits per heavy atom. The molecule has 0 radical (unpaired) electrons. The highest BCUT2D eigenvalue weighted by atomic mass is 35.5. The van der Waals surface area contributed by atoms with Crippen molar-refractivity contribution in [2.75, 3.05) is 13.7 Å². The first kappa shape index (κ1) is 16.7. The first-order valence-corrected chi connectivity index (χ1v) is 8.30. The lowest BCUT2D eigenvalue weighted by Crippen LogP contribution is -2.35.